The molecule has 2 aromatic carbocycles. The molecular weight excluding hydrogens is 326 g/mol. The quantitative estimate of drug-likeness (QED) is 0.683. The average Bonchev–Trinajstić information content (AvgIpc) is 2.60. The Hall–Kier alpha value is -3.09. The highest BCUT2D eigenvalue weighted by Crippen LogP contribution is 2.31. The van der Waals surface area contributed by atoms with Gasteiger partial charge in [-0.05, 0) is 24.3 Å². The first-order valence-corrected chi connectivity index (χ1v) is 7.79. The van der Waals surface area contributed by atoms with Crippen LogP contribution in [0.2, 0.25) is 0 Å². The van der Waals surface area contributed by atoms with Crippen LogP contribution < -0.4 is 9.80 Å². The Balaban J connectivity index is 1.83. The molecule has 3 aromatic rings. The molecule has 25 heavy (non-hydrogen) atoms. The first-order chi connectivity index (χ1) is 12.0. The number of fused-ring (bicyclic) bond motifs is 2. The van der Waals surface area contributed by atoms with Gasteiger partial charge in [-0.15, -0.1) is 0 Å². The fourth-order valence-electron chi connectivity index (χ4n) is 2.89. The van der Waals surface area contributed by atoms with Crippen LogP contribution in [0.4, 0.5) is 20.4 Å². The summed E-state index contributed by atoms with van der Waals surface area (Å²) in [7, 11) is 1.86. The minimum Gasteiger partial charge on any atom is -0.355 e. The Morgan fingerprint density at radius 2 is 1.68 bits per heavy atom. The molecular formula is C18H14F2N4O. The van der Waals surface area contributed by atoms with Crippen molar-refractivity contribution in [3.05, 3.63) is 59.7 Å². The van der Waals surface area contributed by atoms with Crippen LogP contribution in [0, 0.1) is 11.6 Å². The largest absolute Gasteiger partial charge is 0.355 e. The molecule has 0 saturated heterocycles. The number of para-hydroxylation sites is 2. The number of hydrogen-bond acceptors (Lipinski definition) is 4. The average molecular weight is 340 g/mol. The summed E-state index contributed by atoms with van der Waals surface area (Å²) in [5.74, 6) is -1.24. The summed E-state index contributed by atoms with van der Waals surface area (Å²) < 4.78 is 27.2. The molecule has 0 atom stereocenters. The van der Waals surface area contributed by atoms with E-state index in [0.717, 1.165) is 17.6 Å². The Labute approximate surface area is 142 Å². The number of carbonyl (C=O) groups is 1. The Bertz CT molecular complexity index is 992. The molecule has 1 aliphatic rings. The summed E-state index contributed by atoms with van der Waals surface area (Å²) in [6.07, 6.45) is 0. The van der Waals surface area contributed by atoms with Gasteiger partial charge in [0.15, 0.2) is 11.6 Å². The molecule has 0 fully saturated rings. The van der Waals surface area contributed by atoms with Gasteiger partial charge in [0.05, 0.1) is 16.6 Å². The maximum atomic E-state index is 14.0. The summed E-state index contributed by atoms with van der Waals surface area (Å²) in [4.78, 5) is 25.2. The molecule has 1 aliphatic heterocycles. The van der Waals surface area contributed by atoms with Gasteiger partial charge in [0, 0.05) is 26.2 Å². The smallest absolute Gasteiger partial charge is 0.262 e. The second kappa shape index (κ2) is 5.77. The molecule has 0 unspecified atom stereocenters. The van der Waals surface area contributed by atoms with Crippen LogP contribution in [-0.4, -0.2) is 36.0 Å². The maximum Gasteiger partial charge on any atom is 0.262 e. The van der Waals surface area contributed by atoms with Crippen LogP contribution in [0.25, 0.3) is 11.0 Å². The van der Waals surface area contributed by atoms with Crippen LogP contribution in [-0.2, 0) is 0 Å². The molecule has 0 N–H and O–H groups in total. The van der Waals surface area contributed by atoms with Crippen molar-refractivity contribution in [3.63, 3.8) is 0 Å². The monoisotopic (exact) mass is 340 g/mol. The zero-order valence-electron chi connectivity index (χ0n) is 13.4. The maximum absolute atomic E-state index is 14.0. The lowest BCUT2D eigenvalue weighted by Gasteiger charge is -2.33. The molecule has 0 radical (unpaired) electrons. The first-order valence-electron chi connectivity index (χ1n) is 7.79. The molecule has 1 aromatic heterocycles. The summed E-state index contributed by atoms with van der Waals surface area (Å²) in [5, 5.41) is 0. The third-order valence-electron chi connectivity index (χ3n) is 4.22. The number of aromatic nitrogens is 2. The lowest BCUT2D eigenvalue weighted by atomic mass is 10.1. The topological polar surface area (TPSA) is 49.3 Å². The minimum absolute atomic E-state index is 0.188. The van der Waals surface area contributed by atoms with Gasteiger partial charge in [-0.25, -0.2) is 18.7 Å². The van der Waals surface area contributed by atoms with E-state index in [1.165, 1.54) is 4.90 Å². The fourth-order valence-corrected chi connectivity index (χ4v) is 2.89. The molecule has 0 aliphatic carbocycles. The number of carbonyl (C=O) groups excluding carboxylic acids is 1. The van der Waals surface area contributed by atoms with Crippen molar-refractivity contribution in [3.8, 4) is 0 Å². The Morgan fingerprint density at radius 3 is 2.36 bits per heavy atom. The number of rotatable bonds is 1. The molecule has 5 nitrogen and oxygen atoms in total. The highest BCUT2D eigenvalue weighted by atomic mass is 19.1. The van der Waals surface area contributed by atoms with Crippen molar-refractivity contribution in [1.29, 1.82) is 0 Å². The first kappa shape index (κ1) is 15.4. The van der Waals surface area contributed by atoms with Gasteiger partial charge >= 0.3 is 0 Å². The molecule has 7 heteroatoms. The van der Waals surface area contributed by atoms with Crippen LogP contribution in [0.5, 0.6) is 0 Å². The third kappa shape index (κ3) is 2.57. The highest BCUT2D eigenvalue weighted by Gasteiger charge is 2.30. The summed E-state index contributed by atoms with van der Waals surface area (Å²) >= 11 is 0. The Kier molecular flexibility index (Phi) is 3.56. The number of benzene rings is 2. The van der Waals surface area contributed by atoms with E-state index in [9.17, 15) is 13.6 Å². The zero-order chi connectivity index (χ0) is 17.6. The lowest BCUT2D eigenvalue weighted by Crippen LogP contribution is -2.44. The van der Waals surface area contributed by atoms with Crippen LogP contribution >= 0.6 is 0 Å². The number of nitrogens with zero attached hydrogens (tertiary/aromatic N) is 4. The van der Waals surface area contributed by atoms with E-state index in [1.54, 1.807) is 6.07 Å². The van der Waals surface area contributed by atoms with Crippen molar-refractivity contribution in [2.24, 2.45) is 0 Å². The van der Waals surface area contributed by atoms with Crippen LogP contribution in [0.15, 0.2) is 42.5 Å². The van der Waals surface area contributed by atoms with Crippen molar-refractivity contribution < 1.29 is 13.6 Å². The van der Waals surface area contributed by atoms with E-state index in [0.29, 0.717) is 36.3 Å². The molecule has 126 valence electrons. The van der Waals surface area contributed by atoms with E-state index >= 15 is 0 Å². The SMILES string of the molecule is CN1CCN(C(=O)c2ccc(F)cc2F)c2nc3ccccc3nc21. The Morgan fingerprint density at radius 1 is 1.00 bits per heavy atom. The van der Waals surface area contributed by atoms with Crippen LogP contribution in [0.3, 0.4) is 0 Å². The molecule has 0 saturated carbocycles. The predicted octanol–water partition coefficient (Wildman–Crippen LogP) is 3.00. The van der Waals surface area contributed by atoms with E-state index < -0.39 is 17.5 Å². The molecule has 4 rings (SSSR count). The van der Waals surface area contributed by atoms with Gasteiger partial charge in [-0.1, -0.05) is 12.1 Å². The van der Waals surface area contributed by atoms with E-state index in [2.05, 4.69) is 9.97 Å². The standard InChI is InChI=1S/C18H14F2N4O/c1-23-8-9-24(18(25)12-7-6-11(19)10-13(12)20)17-16(23)21-14-4-2-3-5-15(14)22-17/h2-7,10H,8-9H2,1H3. The number of amides is 1. The van der Waals surface area contributed by atoms with Gasteiger partial charge in [-0.3, -0.25) is 9.69 Å². The number of hydrogen-bond donors (Lipinski definition) is 0. The normalized spacial score (nSPS) is 13.9. The molecule has 0 bridgehead atoms. The highest BCUT2D eigenvalue weighted by molar-refractivity contribution is 6.08. The second-order valence-electron chi connectivity index (χ2n) is 5.86. The number of anilines is 2. The van der Waals surface area contributed by atoms with Gasteiger partial charge in [0.25, 0.3) is 5.91 Å². The second-order valence-corrected chi connectivity index (χ2v) is 5.86. The predicted molar refractivity (Wildman–Crippen MR) is 90.8 cm³/mol. The molecule has 2 heterocycles. The number of likely N-dealkylation sites (N-methyl/N-ethyl adjacent to an activating group) is 1. The zero-order valence-corrected chi connectivity index (χ0v) is 13.4. The van der Waals surface area contributed by atoms with Crippen molar-refractivity contribution in [1.82, 2.24) is 9.97 Å². The van der Waals surface area contributed by atoms with Gasteiger partial charge < -0.3 is 4.90 Å². The van der Waals surface area contributed by atoms with Gasteiger partial charge in [0.2, 0.25) is 0 Å². The van der Waals surface area contributed by atoms with E-state index in [4.69, 9.17) is 0 Å². The molecule has 0 spiro atoms. The lowest BCUT2D eigenvalue weighted by molar-refractivity contribution is 0.0982. The van der Waals surface area contributed by atoms with Crippen molar-refractivity contribution in [2.75, 3.05) is 29.9 Å². The molecule has 1 amide bonds. The number of halogens is 2. The minimum atomic E-state index is -0.890. The van der Waals surface area contributed by atoms with Gasteiger partial charge in [0.1, 0.15) is 11.6 Å². The van der Waals surface area contributed by atoms with E-state index in [1.807, 2.05) is 30.1 Å². The third-order valence-corrected chi connectivity index (χ3v) is 4.22. The van der Waals surface area contributed by atoms with Crippen molar-refractivity contribution in [2.45, 2.75) is 0 Å². The fraction of sp³-hybridized carbons (Fsp3) is 0.167. The summed E-state index contributed by atoms with van der Waals surface area (Å²) in [6, 6.07) is 10.3. The summed E-state index contributed by atoms with van der Waals surface area (Å²) in [5.41, 5.74) is 1.18. The summed E-state index contributed by atoms with van der Waals surface area (Å²) in [6.45, 7) is 0.876. The van der Waals surface area contributed by atoms with Crippen molar-refractivity contribution >= 4 is 28.6 Å². The van der Waals surface area contributed by atoms with Crippen LogP contribution in [0.1, 0.15) is 10.4 Å². The van der Waals surface area contributed by atoms with Gasteiger partial charge in [-0.2, -0.15) is 0 Å². The van der Waals surface area contributed by atoms with E-state index in [-0.39, 0.29) is 5.56 Å².